The molecule has 0 amide bonds. The van der Waals surface area contributed by atoms with Crippen LogP contribution in [0.15, 0.2) is 11.6 Å². The van der Waals surface area contributed by atoms with E-state index >= 15 is 0 Å². The largest absolute Gasteiger partial charge is 0.469 e. The second-order valence-corrected chi connectivity index (χ2v) is 10.6. The van der Waals surface area contributed by atoms with Crippen molar-refractivity contribution in [1.82, 2.24) is 0 Å². The van der Waals surface area contributed by atoms with E-state index < -0.39 is 0 Å². The molecule has 4 unspecified atom stereocenters. The van der Waals surface area contributed by atoms with Gasteiger partial charge in [0.25, 0.3) is 0 Å². The van der Waals surface area contributed by atoms with Gasteiger partial charge in [0.2, 0.25) is 0 Å². The van der Waals surface area contributed by atoms with Gasteiger partial charge in [-0.25, -0.2) is 0 Å². The molecule has 0 radical (unpaired) electrons. The number of methoxy groups -OCH3 is 1. The number of rotatable bonds is 1. The molecule has 4 fully saturated rings. The predicted molar refractivity (Wildman–Crippen MR) is 106 cm³/mol. The van der Waals surface area contributed by atoms with Crippen LogP contribution >= 0.6 is 0 Å². The molecule has 1 saturated heterocycles. The molecule has 5 heteroatoms. The molecule has 4 aliphatic carbocycles. The Kier molecular flexibility index (Phi) is 4.12. The van der Waals surface area contributed by atoms with Crippen LogP contribution in [-0.4, -0.2) is 30.4 Å². The molecule has 7 atom stereocenters. The smallest absolute Gasteiger partial charge is 0.309 e. The highest BCUT2D eigenvalue weighted by molar-refractivity contribution is 5.92. The van der Waals surface area contributed by atoms with E-state index in [1.807, 2.05) is 6.08 Å². The molecule has 0 N–H and O–H groups in total. The van der Waals surface area contributed by atoms with Crippen molar-refractivity contribution in [1.29, 1.82) is 0 Å². The van der Waals surface area contributed by atoms with Gasteiger partial charge in [-0.1, -0.05) is 19.4 Å². The minimum Gasteiger partial charge on any atom is -0.469 e. The number of fused-ring (bicyclic) bond motifs is 6. The fourth-order valence-electron chi connectivity index (χ4n) is 8.25. The van der Waals surface area contributed by atoms with Crippen LogP contribution in [0, 0.1) is 34.5 Å². The van der Waals surface area contributed by atoms with Gasteiger partial charge in [0.1, 0.15) is 5.60 Å². The monoisotopic (exact) mass is 400 g/mol. The van der Waals surface area contributed by atoms with E-state index in [0.717, 1.165) is 44.1 Å². The summed E-state index contributed by atoms with van der Waals surface area (Å²) in [5.41, 5.74) is 0.732. The molecular weight excluding hydrogens is 368 g/mol. The second-order valence-electron chi connectivity index (χ2n) is 10.6. The maximum atomic E-state index is 12.9. The lowest BCUT2D eigenvalue weighted by molar-refractivity contribution is -0.177. The Labute approximate surface area is 172 Å². The van der Waals surface area contributed by atoms with E-state index in [1.165, 1.54) is 7.11 Å². The minimum absolute atomic E-state index is 0.00741. The summed E-state index contributed by atoms with van der Waals surface area (Å²) < 4.78 is 11.3. The van der Waals surface area contributed by atoms with E-state index in [4.69, 9.17) is 9.47 Å². The Morgan fingerprint density at radius 2 is 1.83 bits per heavy atom. The van der Waals surface area contributed by atoms with Crippen LogP contribution in [0.2, 0.25) is 0 Å². The van der Waals surface area contributed by atoms with Crippen molar-refractivity contribution in [3.05, 3.63) is 11.6 Å². The highest BCUT2D eigenvalue weighted by atomic mass is 16.6. The fraction of sp³-hybridized carbons (Fsp3) is 0.792. The first-order valence-corrected chi connectivity index (χ1v) is 11.3. The van der Waals surface area contributed by atoms with Gasteiger partial charge in [-0.2, -0.15) is 0 Å². The number of ketones is 1. The number of allylic oxidation sites excluding steroid dienone is 1. The topological polar surface area (TPSA) is 69.7 Å². The van der Waals surface area contributed by atoms with E-state index in [9.17, 15) is 14.4 Å². The van der Waals surface area contributed by atoms with Gasteiger partial charge in [0.15, 0.2) is 5.78 Å². The zero-order valence-corrected chi connectivity index (χ0v) is 17.8. The van der Waals surface area contributed by atoms with Gasteiger partial charge < -0.3 is 9.47 Å². The highest BCUT2D eigenvalue weighted by Crippen LogP contribution is 2.70. The maximum Gasteiger partial charge on any atom is 0.309 e. The third kappa shape index (κ3) is 2.42. The van der Waals surface area contributed by atoms with Gasteiger partial charge in [0.05, 0.1) is 13.0 Å². The van der Waals surface area contributed by atoms with Gasteiger partial charge in [-0.05, 0) is 74.2 Å². The summed E-state index contributed by atoms with van der Waals surface area (Å²) in [5.74, 6) is 0.747. The van der Waals surface area contributed by atoms with Gasteiger partial charge in [-0.15, -0.1) is 0 Å². The lowest BCUT2D eigenvalue weighted by Gasteiger charge is -2.60. The Bertz CT molecular complexity index is 814. The summed E-state index contributed by atoms with van der Waals surface area (Å²) in [5, 5.41) is 0. The van der Waals surface area contributed by atoms with Gasteiger partial charge in [0, 0.05) is 18.3 Å². The van der Waals surface area contributed by atoms with Crippen molar-refractivity contribution in [2.24, 2.45) is 34.5 Å². The van der Waals surface area contributed by atoms with Gasteiger partial charge >= 0.3 is 11.9 Å². The van der Waals surface area contributed by atoms with Crippen molar-refractivity contribution < 1.29 is 23.9 Å². The zero-order chi connectivity index (χ0) is 20.6. The number of carbonyl (C=O) groups excluding carboxylic acids is 3. The Balaban J connectivity index is 1.58. The van der Waals surface area contributed by atoms with E-state index in [1.54, 1.807) is 0 Å². The number of esters is 2. The van der Waals surface area contributed by atoms with Gasteiger partial charge in [-0.3, -0.25) is 14.4 Å². The van der Waals surface area contributed by atoms with Crippen molar-refractivity contribution in [2.45, 2.75) is 77.2 Å². The first-order chi connectivity index (χ1) is 13.7. The molecule has 158 valence electrons. The fourth-order valence-corrected chi connectivity index (χ4v) is 8.25. The molecule has 29 heavy (non-hydrogen) atoms. The van der Waals surface area contributed by atoms with Crippen molar-refractivity contribution in [2.75, 3.05) is 7.11 Å². The molecule has 0 bridgehead atoms. The third-order valence-electron chi connectivity index (χ3n) is 9.85. The Hall–Kier alpha value is -1.65. The molecular formula is C24H32O5. The van der Waals surface area contributed by atoms with Crippen LogP contribution in [0.5, 0.6) is 0 Å². The van der Waals surface area contributed by atoms with Crippen molar-refractivity contribution >= 4 is 17.7 Å². The SMILES string of the molecule is COC(=O)C1CC2=CC(=O)CC[C@]2(C)C2CC[C@@]3(C)C(CC[C@@]34CCC(=O)O4)C12. The standard InChI is InChI=1S/C24H32O5/c1-22-8-4-15(25)12-14(22)13-16(21(27)28-3)20-17(22)5-9-23(2)18(20)6-10-24(23)11-7-19(26)29-24/h12,16-18,20H,4-11,13H2,1-3H3/t16?,17?,18?,20?,22-,23-,24+/m0/s1. The molecule has 1 heterocycles. The summed E-state index contributed by atoms with van der Waals surface area (Å²) in [4.78, 5) is 37.1. The summed E-state index contributed by atoms with van der Waals surface area (Å²) in [6.07, 6.45) is 9.25. The van der Waals surface area contributed by atoms with Crippen LogP contribution in [0.3, 0.4) is 0 Å². The van der Waals surface area contributed by atoms with E-state index in [0.29, 0.717) is 31.1 Å². The molecule has 1 aliphatic heterocycles. The number of ether oxygens (including phenoxy) is 2. The number of hydrogen-bond donors (Lipinski definition) is 0. The summed E-state index contributed by atoms with van der Waals surface area (Å²) in [7, 11) is 1.47. The maximum absolute atomic E-state index is 12.9. The lowest BCUT2D eigenvalue weighted by Crippen LogP contribution is -2.58. The molecule has 0 aromatic heterocycles. The number of carbonyl (C=O) groups is 3. The van der Waals surface area contributed by atoms with Crippen LogP contribution in [-0.2, 0) is 23.9 Å². The van der Waals surface area contributed by atoms with E-state index in [-0.39, 0.29) is 46.0 Å². The molecule has 1 spiro atoms. The van der Waals surface area contributed by atoms with Crippen LogP contribution in [0.25, 0.3) is 0 Å². The molecule has 5 nitrogen and oxygen atoms in total. The third-order valence-corrected chi connectivity index (χ3v) is 9.85. The first kappa shape index (κ1) is 19.3. The average Bonchev–Trinajstić information content (AvgIpc) is 3.22. The quantitative estimate of drug-likeness (QED) is 0.623. The zero-order valence-electron chi connectivity index (χ0n) is 17.8. The summed E-state index contributed by atoms with van der Waals surface area (Å²) >= 11 is 0. The Morgan fingerprint density at radius 3 is 2.52 bits per heavy atom. The lowest BCUT2D eigenvalue weighted by atomic mass is 9.44. The number of hydrogen-bond acceptors (Lipinski definition) is 5. The molecule has 5 aliphatic rings. The first-order valence-electron chi connectivity index (χ1n) is 11.3. The molecule has 5 rings (SSSR count). The minimum atomic E-state index is -0.347. The van der Waals surface area contributed by atoms with Crippen LogP contribution < -0.4 is 0 Å². The van der Waals surface area contributed by atoms with E-state index in [2.05, 4.69) is 13.8 Å². The normalized spacial score (nSPS) is 48.4. The highest BCUT2D eigenvalue weighted by Gasteiger charge is 2.69. The predicted octanol–water partition coefficient (Wildman–Crippen LogP) is 3.99. The average molecular weight is 401 g/mol. The summed E-state index contributed by atoms with van der Waals surface area (Å²) in [6, 6.07) is 0. The summed E-state index contributed by atoms with van der Waals surface area (Å²) in [6.45, 7) is 4.63. The molecule has 3 saturated carbocycles. The van der Waals surface area contributed by atoms with Crippen LogP contribution in [0.4, 0.5) is 0 Å². The second kappa shape index (κ2) is 6.18. The molecule has 0 aromatic carbocycles. The van der Waals surface area contributed by atoms with Crippen LogP contribution in [0.1, 0.15) is 71.6 Å². The Morgan fingerprint density at radius 1 is 1.07 bits per heavy atom. The molecule has 0 aromatic rings. The van der Waals surface area contributed by atoms with Crippen molar-refractivity contribution in [3.8, 4) is 0 Å². The van der Waals surface area contributed by atoms with Crippen molar-refractivity contribution in [3.63, 3.8) is 0 Å².